The highest BCUT2D eigenvalue weighted by Gasteiger charge is 2.19. The molecule has 0 saturated carbocycles. The summed E-state index contributed by atoms with van der Waals surface area (Å²) < 4.78 is 5.11. The molecule has 6 nitrogen and oxygen atoms in total. The van der Waals surface area contributed by atoms with Crippen LogP contribution in [0.3, 0.4) is 0 Å². The second kappa shape index (κ2) is 6.68. The van der Waals surface area contributed by atoms with Crippen molar-refractivity contribution in [3.05, 3.63) is 11.9 Å². The SMILES string of the molecule is COCC(CCO)Nc1cc(N)nc(C(C)(C)C)n1. The zero-order valence-corrected chi connectivity index (χ0v) is 12.1. The molecule has 0 amide bonds. The molecule has 19 heavy (non-hydrogen) atoms. The Morgan fingerprint density at radius 1 is 1.42 bits per heavy atom. The number of aliphatic hydroxyl groups excluding tert-OH is 1. The highest BCUT2D eigenvalue weighted by atomic mass is 16.5. The predicted molar refractivity (Wildman–Crippen MR) is 76.1 cm³/mol. The van der Waals surface area contributed by atoms with Crippen molar-refractivity contribution in [3.8, 4) is 0 Å². The third kappa shape index (κ3) is 5.00. The van der Waals surface area contributed by atoms with E-state index in [2.05, 4.69) is 15.3 Å². The Morgan fingerprint density at radius 3 is 2.63 bits per heavy atom. The van der Waals surface area contributed by atoms with E-state index in [9.17, 15) is 0 Å². The molecule has 4 N–H and O–H groups in total. The van der Waals surface area contributed by atoms with Gasteiger partial charge < -0.3 is 20.9 Å². The maximum atomic E-state index is 9.03. The molecule has 0 aliphatic rings. The van der Waals surface area contributed by atoms with Gasteiger partial charge in [0.1, 0.15) is 17.5 Å². The molecular weight excluding hydrogens is 244 g/mol. The molecule has 1 rings (SSSR count). The van der Waals surface area contributed by atoms with E-state index in [1.54, 1.807) is 13.2 Å². The van der Waals surface area contributed by atoms with E-state index >= 15 is 0 Å². The molecule has 0 aliphatic carbocycles. The minimum atomic E-state index is -0.167. The average Bonchev–Trinajstić information content (AvgIpc) is 2.27. The number of nitrogens with one attached hydrogen (secondary N) is 1. The number of hydrogen-bond donors (Lipinski definition) is 3. The van der Waals surface area contributed by atoms with Crippen molar-refractivity contribution in [1.82, 2.24) is 9.97 Å². The van der Waals surface area contributed by atoms with Gasteiger partial charge in [-0.15, -0.1) is 0 Å². The molecule has 6 heteroatoms. The Morgan fingerprint density at radius 2 is 2.11 bits per heavy atom. The summed E-state index contributed by atoms with van der Waals surface area (Å²) in [6.45, 7) is 6.69. The summed E-state index contributed by atoms with van der Waals surface area (Å²) in [7, 11) is 1.63. The van der Waals surface area contributed by atoms with Gasteiger partial charge in [0.25, 0.3) is 0 Å². The molecule has 0 radical (unpaired) electrons. The highest BCUT2D eigenvalue weighted by molar-refractivity contribution is 5.46. The van der Waals surface area contributed by atoms with E-state index in [1.807, 2.05) is 20.8 Å². The molecule has 0 saturated heterocycles. The van der Waals surface area contributed by atoms with Gasteiger partial charge in [-0.05, 0) is 6.42 Å². The number of hydrogen-bond acceptors (Lipinski definition) is 6. The minimum absolute atomic E-state index is 0.00267. The summed E-state index contributed by atoms with van der Waals surface area (Å²) >= 11 is 0. The molecule has 0 aromatic carbocycles. The van der Waals surface area contributed by atoms with Gasteiger partial charge in [-0.2, -0.15) is 0 Å². The number of anilines is 2. The number of nitrogens with zero attached hydrogens (tertiary/aromatic N) is 2. The topological polar surface area (TPSA) is 93.3 Å². The molecule has 1 heterocycles. The molecule has 1 atom stereocenters. The number of rotatable bonds is 6. The van der Waals surface area contributed by atoms with E-state index in [1.165, 1.54) is 0 Å². The first-order valence-corrected chi connectivity index (χ1v) is 6.38. The summed E-state index contributed by atoms with van der Waals surface area (Å²) in [5.74, 6) is 1.78. The molecule has 108 valence electrons. The van der Waals surface area contributed by atoms with E-state index in [-0.39, 0.29) is 18.1 Å². The second-order valence-electron chi connectivity index (χ2n) is 5.56. The van der Waals surface area contributed by atoms with E-state index in [0.29, 0.717) is 30.5 Å². The summed E-state index contributed by atoms with van der Waals surface area (Å²) in [6, 6.07) is 1.69. The zero-order valence-electron chi connectivity index (χ0n) is 12.1. The van der Waals surface area contributed by atoms with Crippen LogP contribution in [0, 0.1) is 0 Å². The maximum Gasteiger partial charge on any atom is 0.138 e. The maximum absolute atomic E-state index is 9.03. The third-order valence-electron chi connectivity index (χ3n) is 2.61. The van der Waals surface area contributed by atoms with Gasteiger partial charge in [-0.1, -0.05) is 20.8 Å². The van der Waals surface area contributed by atoms with Crippen LogP contribution >= 0.6 is 0 Å². The Labute approximate surface area is 114 Å². The molecule has 0 aliphatic heterocycles. The van der Waals surface area contributed by atoms with Crippen molar-refractivity contribution in [2.45, 2.75) is 38.6 Å². The van der Waals surface area contributed by atoms with Gasteiger partial charge in [0.15, 0.2) is 0 Å². The van der Waals surface area contributed by atoms with Crippen molar-refractivity contribution in [3.63, 3.8) is 0 Å². The number of aromatic nitrogens is 2. The smallest absolute Gasteiger partial charge is 0.138 e. The monoisotopic (exact) mass is 268 g/mol. The van der Waals surface area contributed by atoms with Gasteiger partial charge in [-0.3, -0.25) is 0 Å². The van der Waals surface area contributed by atoms with Crippen molar-refractivity contribution in [2.75, 3.05) is 31.4 Å². The van der Waals surface area contributed by atoms with Gasteiger partial charge in [-0.25, -0.2) is 9.97 Å². The first-order chi connectivity index (χ1) is 8.86. The fraction of sp³-hybridized carbons (Fsp3) is 0.692. The molecule has 1 aromatic heterocycles. The lowest BCUT2D eigenvalue weighted by atomic mass is 9.96. The number of nitrogen functional groups attached to an aromatic ring is 1. The van der Waals surface area contributed by atoms with Gasteiger partial charge in [0.2, 0.25) is 0 Å². The first kappa shape index (κ1) is 15.7. The van der Waals surface area contributed by atoms with Crippen molar-refractivity contribution in [1.29, 1.82) is 0 Å². The van der Waals surface area contributed by atoms with Gasteiger partial charge in [0.05, 0.1) is 12.6 Å². The standard InChI is InChI=1S/C13H24N4O2/c1-13(2,3)12-16-10(14)7-11(17-12)15-9(5-6-18)8-19-4/h7,9,18H,5-6,8H2,1-4H3,(H3,14,15,16,17). The van der Waals surface area contributed by atoms with Crippen LogP contribution < -0.4 is 11.1 Å². The fourth-order valence-electron chi connectivity index (χ4n) is 1.64. The lowest BCUT2D eigenvalue weighted by Gasteiger charge is -2.21. The summed E-state index contributed by atoms with van der Waals surface area (Å²) in [6.07, 6.45) is 0.586. The molecule has 1 aromatic rings. The van der Waals surface area contributed by atoms with E-state index in [0.717, 1.165) is 0 Å². The lowest BCUT2D eigenvalue weighted by molar-refractivity contribution is 0.170. The lowest BCUT2D eigenvalue weighted by Crippen LogP contribution is -2.27. The van der Waals surface area contributed by atoms with Crippen molar-refractivity contribution < 1.29 is 9.84 Å². The normalized spacial score (nSPS) is 13.3. The van der Waals surface area contributed by atoms with Crippen LogP contribution in [-0.4, -0.2) is 41.4 Å². The van der Waals surface area contributed by atoms with Crippen molar-refractivity contribution in [2.24, 2.45) is 0 Å². The Bertz CT molecular complexity index is 398. The Hall–Kier alpha value is -1.40. The van der Waals surface area contributed by atoms with Gasteiger partial charge in [0, 0.05) is 25.2 Å². The van der Waals surface area contributed by atoms with Crippen LogP contribution in [0.1, 0.15) is 33.0 Å². The minimum Gasteiger partial charge on any atom is -0.396 e. The number of nitrogens with two attached hydrogens (primary N) is 1. The first-order valence-electron chi connectivity index (χ1n) is 6.38. The molecule has 0 bridgehead atoms. The second-order valence-corrected chi connectivity index (χ2v) is 5.56. The Kier molecular flexibility index (Phi) is 5.50. The summed E-state index contributed by atoms with van der Waals surface area (Å²) in [5, 5.41) is 12.2. The molecule has 1 unspecified atom stereocenters. The number of methoxy groups -OCH3 is 1. The van der Waals surface area contributed by atoms with Crippen LogP contribution in [0.25, 0.3) is 0 Å². The zero-order chi connectivity index (χ0) is 14.5. The molecule has 0 fully saturated rings. The molecule has 0 spiro atoms. The largest absolute Gasteiger partial charge is 0.396 e. The van der Waals surface area contributed by atoms with Crippen LogP contribution in [0.4, 0.5) is 11.6 Å². The Balaban J connectivity index is 2.90. The summed E-state index contributed by atoms with van der Waals surface area (Å²) in [5.41, 5.74) is 5.64. The fourth-order valence-corrected chi connectivity index (χ4v) is 1.64. The van der Waals surface area contributed by atoms with Crippen molar-refractivity contribution >= 4 is 11.6 Å². The number of ether oxygens (including phenoxy) is 1. The third-order valence-corrected chi connectivity index (χ3v) is 2.61. The van der Waals surface area contributed by atoms with Crippen LogP contribution in [0.2, 0.25) is 0 Å². The number of aliphatic hydroxyl groups is 1. The molecular formula is C13H24N4O2. The van der Waals surface area contributed by atoms with Crippen LogP contribution in [-0.2, 0) is 10.2 Å². The van der Waals surface area contributed by atoms with Gasteiger partial charge >= 0.3 is 0 Å². The van der Waals surface area contributed by atoms with E-state index < -0.39 is 0 Å². The predicted octanol–water partition coefficient (Wildman–Crippen LogP) is 1.17. The van der Waals surface area contributed by atoms with Crippen LogP contribution in [0.5, 0.6) is 0 Å². The quantitative estimate of drug-likeness (QED) is 0.717. The highest BCUT2D eigenvalue weighted by Crippen LogP contribution is 2.21. The van der Waals surface area contributed by atoms with Crippen LogP contribution in [0.15, 0.2) is 6.07 Å². The summed E-state index contributed by atoms with van der Waals surface area (Å²) in [4.78, 5) is 8.72. The average molecular weight is 268 g/mol. The van der Waals surface area contributed by atoms with E-state index in [4.69, 9.17) is 15.6 Å².